The number of aryl methyl sites for hydroxylation is 1. The molecule has 0 aliphatic heterocycles. The topological polar surface area (TPSA) is 110 Å². The van der Waals surface area contributed by atoms with E-state index in [0.717, 1.165) is 0 Å². The van der Waals surface area contributed by atoms with Crippen molar-refractivity contribution < 1.29 is 19.6 Å². The van der Waals surface area contributed by atoms with Crippen LogP contribution in [0.4, 0.5) is 5.69 Å². The van der Waals surface area contributed by atoms with Crippen LogP contribution in [0, 0.1) is 17.0 Å². The summed E-state index contributed by atoms with van der Waals surface area (Å²) in [5, 5.41) is 22.0. The number of carboxylic acid groups (broad SMARTS) is 1. The molecule has 0 aromatic heterocycles. The average molecular weight is 280 g/mol. The Kier molecular flexibility index (Phi) is 4.44. The Morgan fingerprint density at radius 1 is 1.40 bits per heavy atom. The molecule has 7 heteroatoms. The molecule has 0 heterocycles. The molecule has 0 aliphatic carbocycles. The van der Waals surface area contributed by atoms with E-state index in [1.165, 1.54) is 25.1 Å². The molecule has 108 valence electrons. The van der Waals surface area contributed by atoms with Gasteiger partial charge in [0.1, 0.15) is 0 Å². The quantitative estimate of drug-likeness (QED) is 0.632. The highest BCUT2D eigenvalue weighted by molar-refractivity contribution is 5.95. The summed E-state index contributed by atoms with van der Waals surface area (Å²) in [5.74, 6) is -1.48. The average Bonchev–Trinajstić information content (AvgIpc) is 2.25. The minimum atomic E-state index is -1.02. The summed E-state index contributed by atoms with van der Waals surface area (Å²) < 4.78 is 0. The van der Waals surface area contributed by atoms with E-state index < -0.39 is 22.3 Å². The first kappa shape index (κ1) is 15.6. The number of amides is 1. The minimum Gasteiger partial charge on any atom is -0.481 e. The third-order valence-corrected chi connectivity index (χ3v) is 2.70. The van der Waals surface area contributed by atoms with Gasteiger partial charge in [-0.15, -0.1) is 0 Å². The third kappa shape index (κ3) is 4.04. The number of nitrogens with one attached hydrogen (secondary N) is 1. The summed E-state index contributed by atoms with van der Waals surface area (Å²) in [7, 11) is 0. The molecular formula is C13H16N2O5. The Balaban J connectivity index is 2.91. The number of hydrogen-bond donors (Lipinski definition) is 2. The van der Waals surface area contributed by atoms with Crippen LogP contribution in [0.2, 0.25) is 0 Å². The first-order valence-electron chi connectivity index (χ1n) is 5.92. The molecule has 0 spiro atoms. The SMILES string of the molecule is Cc1cc(C(=O)NC(C)(C)CC(=O)O)ccc1[N+](=O)[O-]. The molecule has 2 N–H and O–H groups in total. The third-order valence-electron chi connectivity index (χ3n) is 2.70. The van der Waals surface area contributed by atoms with Crippen LogP contribution < -0.4 is 5.32 Å². The van der Waals surface area contributed by atoms with E-state index in [1.54, 1.807) is 13.8 Å². The molecule has 1 rings (SSSR count). The van der Waals surface area contributed by atoms with Gasteiger partial charge in [0.25, 0.3) is 11.6 Å². The normalized spacial score (nSPS) is 10.9. The first-order chi connectivity index (χ1) is 9.12. The number of aliphatic carboxylic acids is 1. The smallest absolute Gasteiger partial charge is 0.305 e. The summed E-state index contributed by atoms with van der Waals surface area (Å²) in [6.07, 6.45) is -0.218. The molecule has 0 bridgehead atoms. The van der Waals surface area contributed by atoms with Crippen LogP contribution in [0.25, 0.3) is 0 Å². The van der Waals surface area contributed by atoms with Gasteiger partial charge in [-0.1, -0.05) is 0 Å². The fourth-order valence-corrected chi connectivity index (χ4v) is 1.80. The zero-order valence-corrected chi connectivity index (χ0v) is 11.5. The number of benzene rings is 1. The van der Waals surface area contributed by atoms with Crippen molar-refractivity contribution in [1.29, 1.82) is 0 Å². The molecule has 1 aromatic rings. The molecule has 0 radical (unpaired) electrons. The van der Waals surface area contributed by atoms with Crippen molar-refractivity contribution in [3.8, 4) is 0 Å². The maximum atomic E-state index is 12.0. The predicted octanol–water partition coefficient (Wildman–Crippen LogP) is 1.89. The number of nitro groups is 1. The number of carbonyl (C=O) groups excluding carboxylic acids is 1. The van der Waals surface area contributed by atoms with Crippen molar-refractivity contribution in [3.05, 3.63) is 39.4 Å². The fraction of sp³-hybridized carbons (Fsp3) is 0.385. The first-order valence-corrected chi connectivity index (χ1v) is 5.92. The Morgan fingerprint density at radius 3 is 2.45 bits per heavy atom. The van der Waals surface area contributed by atoms with Crippen molar-refractivity contribution in [2.75, 3.05) is 0 Å². The molecule has 0 atom stereocenters. The van der Waals surface area contributed by atoms with Crippen LogP contribution in [0.3, 0.4) is 0 Å². The Labute approximate surface area is 115 Å². The summed E-state index contributed by atoms with van der Waals surface area (Å²) in [5.41, 5.74) is -0.338. The highest BCUT2D eigenvalue weighted by Crippen LogP contribution is 2.19. The van der Waals surface area contributed by atoms with Crippen molar-refractivity contribution in [1.82, 2.24) is 5.32 Å². The minimum absolute atomic E-state index is 0.0636. The summed E-state index contributed by atoms with van der Waals surface area (Å²) in [4.78, 5) is 32.9. The van der Waals surface area contributed by atoms with E-state index in [9.17, 15) is 19.7 Å². The van der Waals surface area contributed by atoms with Crippen LogP contribution in [0.15, 0.2) is 18.2 Å². The Bertz CT molecular complexity index is 566. The van der Waals surface area contributed by atoms with Gasteiger partial charge in [0.2, 0.25) is 0 Å². The second-order valence-electron chi connectivity index (χ2n) is 5.17. The number of rotatable bonds is 5. The van der Waals surface area contributed by atoms with Crippen molar-refractivity contribution >= 4 is 17.6 Å². The summed E-state index contributed by atoms with van der Waals surface area (Å²) in [6.45, 7) is 4.73. The predicted molar refractivity (Wildman–Crippen MR) is 71.6 cm³/mol. The van der Waals surface area contributed by atoms with Crippen LogP contribution in [-0.4, -0.2) is 27.4 Å². The molecule has 0 aliphatic rings. The van der Waals surface area contributed by atoms with Crippen LogP contribution >= 0.6 is 0 Å². The molecule has 1 amide bonds. The van der Waals surface area contributed by atoms with Gasteiger partial charge >= 0.3 is 5.97 Å². The van der Waals surface area contributed by atoms with Gasteiger partial charge in [0.15, 0.2) is 0 Å². The highest BCUT2D eigenvalue weighted by atomic mass is 16.6. The zero-order valence-electron chi connectivity index (χ0n) is 11.5. The van der Waals surface area contributed by atoms with E-state index in [2.05, 4.69) is 5.32 Å². The number of hydrogen-bond acceptors (Lipinski definition) is 4. The lowest BCUT2D eigenvalue weighted by molar-refractivity contribution is -0.385. The molecule has 7 nitrogen and oxygen atoms in total. The van der Waals surface area contributed by atoms with Gasteiger partial charge in [-0.2, -0.15) is 0 Å². The van der Waals surface area contributed by atoms with Gasteiger partial charge in [-0.25, -0.2) is 0 Å². The molecule has 0 unspecified atom stereocenters. The van der Waals surface area contributed by atoms with Gasteiger partial charge < -0.3 is 10.4 Å². The van der Waals surface area contributed by atoms with Crippen LogP contribution in [0.1, 0.15) is 36.2 Å². The zero-order chi connectivity index (χ0) is 15.5. The van der Waals surface area contributed by atoms with Gasteiger partial charge in [-0.3, -0.25) is 19.7 Å². The largest absolute Gasteiger partial charge is 0.481 e. The second kappa shape index (κ2) is 5.68. The number of nitrogens with zero attached hydrogens (tertiary/aromatic N) is 1. The standard InChI is InChI=1S/C13H16N2O5/c1-8-6-9(4-5-10(8)15(19)20)12(18)14-13(2,3)7-11(16)17/h4-6H,7H2,1-3H3,(H,14,18)(H,16,17). The maximum absolute atomic E-state index is 12.0. The maximum Gasteiger partial charge on any atom is 0.305 e. The van der Waals surface area contributed by atoms with Gasteiger partial charge in [0.05, 0.1) is 11.3 Å². The highest BCUT2D eigenvalue weighted by Gasteiger charge is 2.25. The second-order valence-corrected chi connectivity index (χ2v) is 5.17. The molecular weight excluding hydrogens is 264 g/mol. The summed E-state index contributed by atoms with van der Waals surface area (Å²) >= 11 is 0. The lowest BCUT2D eigenvalue weighted by atomic mass is 9.99. The van der Waals surface area contributed by atoms with E-state index in [0.29, 0.717) is 5.56 Å². The summed E-state index contributed by atoms with van der Waals surface area (Å²) in [6, 6.07) is 4.01. The fourth-order valence-electron chi connectivity index (χ4n) is 1.80. The Morgan fingerprint density at radius 2 is 2.00 bits per heavy atom. The van der Waals surface area contributed by atoms with E-state index in [4.69, 9.17) is 5.11 Å². The van der Waals surface area contributed by atoms with Crippen LogP contribution in [-0.2, 0) is 4.79 Å². The van der Waals surface area contributed by atoms with Crippen LogP contribution in [0.5, 0.6) is 0 Å². The monoisotopic (exact) mass is 280 g/mol. The molecule has 20 heavy (non-hydrogen) atoms. The van der Waals surface area contributed by atoms with E-state index >= 15 is 0 Å². The Hall–Kier alpha value is -2.44. The lowest BCUT2D eigenvalue weighted by Gasteiger charge is -2.24. The van der Waals surface area contributed by atoms with E-state index in [1.807, 2.05) is 0 Å². The van der Waals surface area contributed by atoms with E-state index in [-0.39, 0.29) is 17.7 Å². The van der Waals surface area contributed by atoms with Crippen molar-refractivity contribution in [3.63, 3.8) is 0 Å². The number of nitro benzene ring substituents is 1. The molecule has 1 aromatic carbocycles. The number of carboxylic acids is 1. The lowest BCUT2D eigenvalue weighted by Crippen LogP contribution is -2.44. The molecule has 0 saturated carbocycles. The molecule has 0 saturated heterocycles. The van der Waals surface area contributed by atoms with Crippen molar-refractivity contribution in [2.45, 2.75) is 32.7 Å². The number of carbonyl (C=O) groups is 2. The molecule has 0 fully saturated rings. The van der Waals surface area contributed by atoms with Crippen molar-refractivity contribution in [2.24, 2.45) is 0 Å². The van der Waals surface area contributed by atoms with Gasteiger partial charge in [-0.05, 0) is 32.9 Å². The van der Waals surface area contributed by atoms with Gasteiger partial charge in [0, 0.05) is 22.7 Å².